The average Bonchev–Trinajstić information content (AvgIpc) is 1.37. The number of imide groups is 4. The lowest BCUT2D eigenvalue weighted by molar-refractivity contribution is -0.140. The maximum Gasteiger partial charge on any atom is 0.236 e. The average molecular weight is 1360 g/mol. The molecule has 0 radical (unpaired) electrons. The summed E-state index contributed by atoms with van der Waals surface area (Å²) in [6.45, 7) is 22.0. The van der Waals surface area contributed by atoms with Gasteiger partial charge in [0.25, 0.3) is 0 Å². The number of likely N-dealkylation sites (tertiary alicyclic amines) is 8. The molecule has 13 unspecified atom stereocenters. The monoisotopic (exact) mass is 1360 g/mol. The number of nitrogens with zero attached hydrogens (tertiary/aromatic N) is 8. The van der Waals surface area contributed by atoms with Crippen molar-refractivity contribution in [3.8, 4) is 0 Å². The third-order valence-electron chi connectivity index (χ3n) is 27.3. The van der Waals surface area contributed by atoms with Crippen LogP contribution in [0.5, 0.6) is 0 Å². The molecule has 0 spiro atoms. The number of allylic oxidation sites excluding steroid dienone is 6. The number of nitrogens with one attached hydrogen (secondary N) is 4. The minimum atomic E-state index is -0.466. The number of hydrogen-bond donors (Lipinski definition) is 4. The van der Waals surface area contributed by atoms with Gasteiger partial charge in [-0.25, -0.2) is 0 Å². The molecular weight excluding hydrogens is 1230 g/mol. The normalized spacial score (nSPS) is 42.4. The molecule has 8 heterocycles. The molecule has 0 aromatic carbocycles. The lowest BCUT2D eigenvalue weighted by Gasteiger charge is -2.48. The van der Waals surface area contributed by atoms with E-state index < -0.39 is 29.6 Å². The van der Waals surface area contributed by atoms with Gasteiger partial charge in [-0.2, -0.15) is 0 Å². The molecule has 18 aliphatic rings. The van der Waals surface area contributed by atoms with Crippen LogP contribution in [0, 0.1) is 135 Å². The second-order valence-electron chi connectivity index (χ2n) is 34.9. The van der Waals surface area contributed by atoms with E-state index in [4.69, 9.17) is 0 Å². The Labute approximate surface area is 587 Å². The van der Waals surface area contributed by atoms with Crippen molar-refractivity contribution >= 4 is 47.3 Å². The van der Waals surface area contributed by atoms with Gasteiger partial charge in [0, 0.05) is 111 Å². The van der Waals surface area contributed by atoms with E-state index in [9.17, 15) is 38.4 Å². The van der Waals surface area contributed by atoms with Gasteiger partial charge >= 0.3 is 0 Å². The summed E-state index contributed by atoms with van der Waals surface area (Å²) in [7, 11) is 23.4. The van der Waals surface area contributed by atoms with E-state index in [2.05, 4.69) is 135 Å². The van der Waals surface area contributed by atoms with E-state index in [0.29, 0.717) is 23.3 Å². The Balaban J connectivity index is 0.000000120. The molecule has 98 heavy (non-hydrogen) atoms. The number of carbonyl (C=O) groups is 8. The molecule has 18 rings (SSSR count). The maximum atomic E-state index is 12.3. The first kappa shape index (κ1) is 74.4. The van der Waals surface area contributed by atoms with Crippen LogP contribution in [0.25, 0.3) is 0 Å². The van der Waals surface area contributed by atoms with Crippen molar-refractivity contribution in [1.29, 1.82) is 0 Å². The van der Waals surface area contributed by atoms with E-state index in [1.54, 1.807) is 0 Å². The second-order valence-corrected chi connectivity index (χ2v) is 34.9. The Kier molecular flexibility index (Phi) is 23.0. The molecule has 8 amide bonds. The Morgan fingerprint density at radius 2 is 0.959 bits per heavy atom. The number of rotatable bonds is 8. The molecule has 20 heteroatoms. The van der Waals surface area contributed by atoms with E-state index in [-0.39, 0.29) is 83.3 Å². The molecule has 4 bridgehead atoms. The topological polar surface area (TPSA) is 211 Å². The van der Waals surface area contributed by atoms with E-state index in [0.717, 1.165) is 98.0 Å². The third-order valence-corrected chi connectivity index (χ3v) is 27.3. The molecule has 0 aromatic heterocycles. The first-order valence-corrected chi connectivity index (χ1v) is 37.9. The van der Waals surface area contributed by atoms with Crippen molar-refractivity contribution in [3.63, 3.8) is 0 Å². The Morgan fingerprint density at radius 3 is 1.45 bits per heavy atom. The van der Waals surface area contributed by atoms with E-state index >= 15 is 0 Å². The summed E-state index contributed by atoms with van der Waals surface area (Å²) >= 11 is 0. The quantitative estimate of drug-likeness (QED) is 0.180. The van der Waals surface area contributed by atoms with Crippen molar-refractivity contribution in [1.82, 2.24) is 60.5 Å². The largest absolute Gasteiger partial charge is 0.319 e. The highest BCUT2D eigenvalue weighted by Gasteiger charge is 2.68. The number of hydrogen-bond acceptors (Lipinski definition) is 16. The number of amides is 8. The van der Waals surface area contributed by atoms with Gasteiger partial charge < -0.3 is 40.9 Å². The second kappa shape index (κ2) is 30.3. The summed E-state index contributed by atoms with van der Waals surface area (Å²) in [4.78, 5) is 112. The van der Waals surface area contributed by atoms with Gasteiger partial charge in [-0.15, -0.1) is 0 Å². The summed E-state index contributed by atoms with van der Waals surface area (Å²) in [6.07, 6.45) is 28.9. The lowest BCUT2D eigenvalue weighted by Crippen LogP contribution is -2.50. The Hall–Kier alpha value is -4.80. The molecule has 4 N–H and O–H groups in total. The van der Waals surface area contributed by atoms with Crippen molar-refractivity contribution in [2.75, 3.05) is 150 Å². The van der Waals surface area contributed by atoms with E-state index in [1.165, 1.54) is 150 Å². The highest BCUT2D eigenvalue weighted by Crippen LogP contribution is 2.59. The third kappa shape index (κ3) is 14.8. The predicted molar refractivity (Wildman–Crippen MR) is 382 cm³/mol. The molecule has 0 aromatic rings. The van der Waals surface area contributed by atoms with E-state index in [1.807, 2.05) is 32.2 Å². The molecule has 22 atom stereocenters. The van der Waals surface area contributed by atoms with Crippen LogP contribution in [0.3, 0.4) is 0 Å². The summed E-state index contributed by atoms with van der Waals surface area (Å²) in [6, 6.07) is 1.47. The van der Waals surface area contributed by atoms with Gasteiger partial charge in [0.2, 0.25) is 47.3 Å². The van der Waals surface area contributed by atoms with Crippen LogP contribution in [0.4, 0.5) is 0 Å². The van der Waals surface area contributed by atoms with Gasteiger partial charge in [-0.05, 0) is 216 Å². The fourth-order valence-corrected chi connectivity index (χ4v) is 23.0. The van der Waals surface area contributed by atoms with Crippen LogP contribution in [-0.2, 0) is 38.4 Å². The van der Waals surface area contributed by atoms with Gasteiger partial charge in [-0.3, -0.25) is 58.0 Å². The van der Waals surface area contributed by atoms with Gasteiger partial charge in [-0.1, -0.05) is 75.3 Å². The Bertz CT molecular complexity index is 2960. The number of carbonyl (C=O) groups excluding carboxylic acids is 8. The van der Waals surface area contributed by atoms with Crippen molar-refractivity contribution < 1.29 is 38.4 Å². The van der Waals surface area contributed by atoms with Crippen LogP contribution in [-0.4, -0.2) is 249 Å². The number of fused-ring (bicyclic) bond motifs is 2. The maximum absolute atomic E-state index is 12.3. The summed E-state index contributed by atoms with van der Waals surface area (Å²) in [5.74, 6) is 4.87. The molecule has 10 aliphatic carbocycles. The lowest BCUT2D eigenvalue weighted by atomic mass is 9.54. The predicted octanol–water partition coefficient (Wildman–Crippen LogP) is 5.30. The van der Waals surface area contributed by atoms with Crippen LogP contribution >= 0.6 is 0 Å². The van der Waals surface area contributed by atoms with Crippen LogP contribution in [0.2, 0.25) is 0 Å². The highest BCUT2D eigenvalue weighted by molar-refractivity contribution is 6.11. The summed E-state index contributed by atoms with van der Waals surface area (Å²) in [5.41, 5.74) is 1.79. The highest BCUT2D eigenvalue weighted by atomic mass is 16.2. The standard InChI is InChI=1S/C15H18N2O4.C14H14N2O4.C14H22N2.C14H24N2.C12H26N2.C9H20N2/c1-7-4-8(9-6-11(18)16(2)13(9)19)5-10-12(7)15(21)17(3)14(10)20;1-15-11(17)7-5-3-4-6(8(7)12(15)18)10-9(5)13(19)16(2)14(10)20;1-15-5-11-9-3-4-10(12(11)6-15)14-8-16(2)7-13(9)14;1-15-6-5-13(8-15)11-3-4-12-9-16(2)10-14(12)7-11;1-11(2)6-10(14-5)7-12(3,8-11)9-13-4;1-10-7-8-4-3-5-9(6-8)11-2/h4,8-10,12H,5-6H2,1-3H3;3-10H,1-2H3;3-4,9-14H,5-8H2,1-2H3;3-4,11-14H,5-10H2,1-2H3;10,13-14H,6-9H2,1-5H3;8-11H,3-7H2,1-2H3/t;;9?,10?,11-,12+,13+,14-;11-,12-,13?,14+;;8-,9+/m...1.1/s1. The van der Waals surface area contributed by atoms with Crippen molar-refractivity contribution in [2.24, 2.45) is 135 Å². The van der Waals surface area contributed by atoms with Crippen molar-refractivity contribution in [2.45, 2.75) is 110 Å². The SMILES string of the molecule is CC1=CC(C2CC(=O)N(C)C2=O)CC2C(=O)N(C)C(=O)C12.CN1C(=O)C2C3C=CC(C2C1=O)C1C(=O)N(C)C(=O)C31.CN1CCC([C@@H]2C=C[C@@H]3CN(C)C[C@@H]3C2)C1.CN1C[C@@H]2C3C=CC([C@H]4CN(C)C[C@@H]34)[C@@H]2C1.CNCC1(C)CC(NC)CC(C)(C)C1.CNC[C@@H]1CCC[C@H](NC)C1. The zero-order chi connectivity index (χ0) is 70.7. The molecule has 12 fully saturated rings. The van der Waals surface area contributed by atoms with Gasteiger partial charge in [0.15, 0.2) is 0 Å². The smallest absolute Gasteiger partial charge is 0.236 e. The molecule has 4 saturated carbocycles. The van der Waals surface area contributed by atoms with Gasteiger partial charge in [0.1, 0.15) is 0 Å². The molecular formula is C78H124N12O8. The minimum Gasteiger partial charge on any atom is -0.319 e. The first-order valence-electron chi connectivity index (χ1n) is 37.9. The fourth-order valence-electron chi connectivity index (χ4n) is 23.0. The van der Waals surface area contributed by atoms with Crippen LogP contribution < -0.4 is 21.3 Å². The summed E-state index contributed by atoms with van der Waals surface area (Å²) < 4.78 is 0. The molecule has 8 aliphatic heterocycles. The zero-order valence-electron chi connectivity index (χ0n) is 62.5. The van der Waals surface area contributed by atoms with Crippen LogP contribution in [0.15, 0.2) is 48.1 Å². The zero-order valence-corrected chi connectivity index (χ0v) is 62.5. The Morgan fingerprint density at radius 1 is 0.459 bits per heavy atom. The van der Waals surface area contributed by atoms with Crippen LogP contribution in [0.1, 0.15) is 98.3 Å². The van der Waals surface area contributed by atoms with Gasteiger partial charge in [0.05, 0.1) is 41.4 Å². The molecule has 544 valence electrons. The molecule has 20 nitrogen and oxygen atoms in total. The summed E-state index contributed by atoms with van der Waals surface area (Å²) in [5, 5.41) is 13.4. The van der Waals surface area contributed by atoms with Crippen molar-refractivity contribution in [3.05, 3.63) is 48.1 Å². The minimum absolute atomic E-state index is 0.143. The fraction of sp³-hybridized carbons (Fsp3) is 0.795. The molecule has 8 saturated heterocycles. The first-order chi connectivity index (χ1) is 46.5.